The largest absolute Gasteiger partial charge is 0.416 e. The van der Waals surface area contributed by atoms with Crippen LogP contribution in [0.15, 0.2) is 24.3 Å². The second kappa shape index (κ2) is 5.83. The molecule has 1 unspecified atom stereocenters. The van der Waals surface area contributed by atoms with Crippen molar-refractivity contribution in [2.75, 3.05) is 33.2 Å². The molecule has 0 bridgehead atoms. The maximum Gasteiger partial charge on any atom is 0.416 e. The van der Waals surface area contributed by atoms with Crippen molar-refractivity contribution in [2.24, 2.45) is 0 Å². The third kappa shape index (κ3) is 3.50. The molecule has 110 valence electrons. The van der Waals surface area contributed by atoms with E-state index in [2.05, 4.69) is 7.05 Å². The molecule has 1 N–H and O–H groups in total. The summed E-state index contributed by atoms with van der Waals surface area (Å²) in [4.78, 5) is 15.3. The van der Waals surface area contributed by atoms with Gasteiger partial charge in [-0.25, -0.2) is 0 Å². The standard InChI is InChI=1S/C14H17F3N2O/c1-18-6-3-7-19(9-8-18)13(20)11-4-2-5-12(10-11)14(15,16)17/h2,4-5,10H,3,6-9H2,1H3/p+1. The molecule has 1 aliphatic rings. The molecule has 20 heavy (non-hydrogen) atoms. The molecule has 1 aromatic rings. The third-order valence-electron chi connectivity index (χ3n) is 3.56. The fourth-order valence-electron chi connectivity index (χ4n) is 2.35. The van der Waals surface area contributed by atoms with Gasteiger partial charge in [0.05, 0.1) is 32.2 Å². The molecule has 1 aromatic carbocycles. The summed E-state index contributed by atoms with van der Waals surface area (Å²) in [6.45, 7) is 2.99. The molecule has 0 spiro atoms. The number of nitrogens with zero attached hydrogens (tertiary/aromatic N) is 1. The van der Waals surface area contributed by atoms with Crippen LogP contribution in [0.4, 0.5) is 13.2 Å². The molecule has 2 rings (SSSR count). The number of hydrogen-bond acceptors (Lipinski definition) is 1. The van der Waals surface area contributed by atoms with Crippen LogP contribution < -0.4 is 4.90 Å². The molecular formula is C14H18F3N2O+. The Labute approximate surface area is 116 Å². The molecule has 0 saturated carbocycles. The van der Waals surface area contributed by atoms with Crippen LogP contribution in [-0.2, 0) is 6.18 Å². The predicted molar refractivity (Wildman–Crippen MR) is 68.6 cm³/mol. The monoisotopic (exact) mass is 287 g/mol. The zero-order valence-electron chi connectivity index (χ0n) is 11.3. The van der Waals surface area contributed by atoms with Crippen LogP contribution in [0.1, 0.15) is 22.3 Å². The lowest BCUT2D eigenvalue weighted by Gasteiger charge is -2.20. The second-order valence-corrected chi connectivity index (χ2v) is 5.18. The Morgan fingerprint density at radius 1 is 1.25 bits per heavy atom. The van der Waals surface area contributed by atoms with Gasteiger partial charge in [0.25, 0.3) is 5.91 Å². The summed E-state index contributed by atoms with van der Waals surface area (Å²) in [5.41, 5.74) is -0.666. The lowest BCUT2D eigenvalue weighted by Crippen LogP contribution is -3.09. The minimum Gasteiger partial charge on any atom is -0.336 e. The predicted octanol–water partition coefficient (Wildman–Crippen LogP) is 1.07. The van der Waals surface area contributed by atoms with Gasteiger partial charge in [0, 0.05) is 18.5 Å². The van der Waals surface area contributed by atoms with Gasteiger partial charge in [-0.2, -0.15) is 13.2 Å². The molecule has 1 atom stereocenters. The number of nitrogens with one attached hydrogen (secondary N) is 1. The number of alkyl halides is 3. The zero-order chi connectivity index (χ0) is 14.8. The highest BCUT2D eigenvalue weighted by Gasteiger charge is 2.31. The highest BCUT2D eigenvalue weighted by Crippen LogP contribution is 2.29. The summed E-state index contributed by atoms with van der Waals surface area (Å²) in [6.07, 6.45) is -3.55. The maximum absolute atomic E-state index is 12.7. The Morgan fingerprint density at radius 3 is 2.70 bits per heavy atom. The topological polar surface area (TPSA) is 24.8 Å². The van der Waals surface area contributed by atoms with Crippen molar-refractivity contribution >= 4 is 5.91 Å². The summed E-state index contributed by atoms with van der Waals surface area (Å²) in [7, 11) is 2.05. The van der Waals surface area contributed by atoms with Gasteiger partial charge in [0.15, 0.2) is 0 Å². The lowest BCUT2D eigenvalue weighted by atomic mass is 10.1. The van der Waals surface area contributed by atoms with E-state index in [4.69, 9.17) is 0 Å². The Kier molecular flexibility index (Phi) is 4.32. The average molecular weight is 287 g/mol. The van der Waals surface area contributed by atoms with Gasteiger partial charge in [0.1, 0.15) is 0 Å². The van der Waals surface area contributed by atoms with Gasteiger partial charge in [-0.05, 0) is 18.2 Å². The molecule has 0 radical (unpaired) electrons. The Morgan fingerprint density at radius 2 is 2.00 bits per heavy atom. The summed E-state index contributed by atoms with van der Waals surface area (Å²) >= 11 is 0. The van der Waals surface area contributed by atoms with E-state index in [1.807, 2.05) is 0 Å². The molecule has 1 aliphatic heterocycles. The van der Waals surface area contributed by atoms with Crippen LogP contribution in [-0.4, -0.2) is 44.0 Å². The zero-order valence-corrected chi connectivity index (χ0v) is 11.3. The van der Waals surface area contributed by atoms with E-state index in [-0.39, 0.29) is 11.5 Å². The summed E-state index contributed by atoms with van der Waals surface area (Å²) < 4.78 is 38.0. The third-order valence-corrected chi connectivity index (χ3v) is 3.56. The SMILES string of the molecule is C[NH+]1CCCN(C(=O)c2cccc(C(F)(F)F)c2)CC1. The number of carbonyl (C=O) groups is 1. The van der Waals surface area contributed by atoms with Gasteiger partial charge in [-0.3, -0.25) is 4.79 Å². The van der Waals surface area contributed by atoms with Crippen LogP contribution >= 0.6 is 0 Å². The van der Waals surface area contributed by atoms with Gasteiger partial charge < -0.3 is 9.80 Å². The van der Waals surface area contributed by atoms with E-state index in [0.29, 0.717) is 13.1 Å². The van der Waals surface area contributed by atoms with E-state index >= 15 is 0 Å². The van der Waals surface area contributed by atoms with Crippen LogP contribution in [0.2, 0.25) is 0 Å². The number of rotatable bonds is 1. The van der Waals surface area contributed by atoms with Crippen LogP contribution in [0.3, 0.4) is 0 Å². The second-order valence-electron chi connectivity index (χ2n) is 5.18. The summed E-state index contributed by atoms with van der Waals surface area (Å²) in [6, 6.07) is 4.64. The summed E-state index contributed by atoms with van der Waals surface area (Å²) in [5, 5.41) is 0. The lowest BCUT2D eigenvalue weighted by molar-refractivity contribution is -0.877. The fraction of sp³-hybridized carbons (Fsp3) is 0.500. The van der Waals surface area contributed by atoms with E-state index in [1.54, 1.807) is 4.90 Å². The number of hydrogen-bond donors (Lipinski definition) is 1. The van der Waals surface area contributed by atoms with E-state index in [1.165, 1.54) is 17.0 Å². The Balaban J connectivity index is 2.16. The first-order chi connectivity index (χ1) is 9.38. The number of carbonyl (C=O) groups excluding carboxylic acids is 1. The number of halogens is 3. The number of amides is 1. The first-order valence-corrected chi connectivity index (χ1v) is 6.66. The molecule has 0 aliphatic carbocycles. The van der Waals surface area contributed by atoms with Crippen molar-refractivity contribution in [1.29, 1.82) is 0 Å². The quantitative estimate of drug-likeness (QED) is 0.821. The highest BCUT2D eigenvalue weighted by molar-refractivity contribution is 5.94. The van der Waals surface area contributed by atoms with Crippen molar-refractivity contribution in [3.05, 3.63) is 35.4 Å². The van der Waals surface area contributed by atoms with Crippen molar-refractivity contribution in [1.82, 2.24) is 4.90 Å². The smallest absolute Gasteiger partial charge is 0.336 e. The molecule has 6 heteroatoms. The van der Waals surface area contributed by atoms with Crippen molar-refractivity contribution in [2.45, 2.75) is 12.6 Å². The van der Waals surface area contributed by atoms with E-state index in [0.717, 1.165) is 31.6 Å². The minimum atomic E-state index is -4.42. The Bertz CT molecular complexity index is 488. The first kappa shape index (κ1) is 14.8. The van der Waals surface area contributed by atoms with Crippen molar-refractivity contribution < 1.29 is 22.9 Å². The molecule has 3 nitrogen and oxygen atoms in total. The van der Waals surface area contributed by atoms with Gasteiger partial charge in [0.2, 0.25) is 0 Å². The van der Waals surface area contributed by atoms with E-state index in [9.17, 15) is 18.0 Å². The molecule has 1 saturated heterocycles. The molecular weight excluding hydrogens is 269 g/mol. The molecule has 0 aromatic heterocycles. The summed E-state index contributed by atoms with van der Waals surface area (Å²) in [5.74, 6) is -0.314. The molecule has 1 fully saturated rings. The minimum absolute atomic E-state index is 0.111. The van der Waals surface area contributed by atoms with Crippen LogP contribution in [0.5, 0.6) is 0 Å². The normalized spacial score (nSPS) is 20.6. The van der Waals surface area contributed by atoms with Gasteiger partial charge in [-0.15, -0.1) is 0 Å². The highest BCUT2D eigenvalue weighted by atomic mass is 19.4. The average Bonchev–Trinajstić information content (AvgIpc) is 2.62. The molecule has 1 heterocycles. The van der Waals surface area contributed by atoms with Crippen LogP contribution in [0, 0.1) is 0 Å². The van der Waals surface area contributed by atoms with Gasteiger partial charge in [-0.1, -0.05) is 6.07 Å². The number of likely N-dealkylation sites (N-methyl/N-ethyl adjacent to an activating group) is 1. The Hall–Kier alpha value is -1.56. The van der Waals surface area contributed by atoms with E-state index < -0.39 is 11.7 Å². The van der Waals surface area contributed by atoms with Crippen LogP contribution in [0.25, 0.3) is 0 Å². The van der Waals surface area contributed by atoms with Crippen molar-refractivity contribution in [3.63, 3.8) is 0 Å². The fourth-order valence-corrected chi connectivity index (χ4v) is 2.35. The van der Waals surface area contributed by atoms with Gasteiger partial charge >= 0.3 is 6.18 Å². The maximum atomic E-state index is 12.7. The van der Waals surface area contributed by atoms with Crippen molar-refractivity contribution in [3.8, 4) is 0 Å². The number of quaternary nitrogens is 1. The first-order valence-electron chi connectivity index (χ1n) is 6.66. The number of benzene rings is 1. The molecule has 1 amide bonds.